The predicted molar refractivity (Wildman–Crippen MR) is 311 cm³/mol. The van der Waals surface area contributed by atoms with Crippen molar-refractivity contribution in [3.8, 4) is 34.3 Å². The number of nitrogens with two attached hydrogens (primary N) is 1. The Kier molecular flexibility index (Phi) is 20.8. The topological polar surface area (TPSA) is 215 Å². The lowest BCUT2D eigenvalue weighted by molar-refractivity contribution is -0.112. The maximum Gasteiger partial charge on any atom is 0.247 e. The van der Waals surface area contributed by atoms with Crippen LogP contribution in [0.3, 0.4) is 0 Å². The summed E-state index contributed by atoms with van der Waals surface area (Å²) >= 11 is 4.71. The summed E-state index contributed by atoms with van der Waals surface area (Å²) in [5.74, 6) is 1.75. The highest BCUT2D eigenvalue weighted by Gasteiger charge is 2.19. The molecule has 5 N–H and O–H groups in total. The fourth-order valence-electron chi connectivity index (χ4n) is 7.71. The van der Waals surface area contributed by atoms with Crippen LogP contribution in [0.4, 0.5) is 46.0 Å². The summed E-state index contributed by atoms with van der Waals surface area (Å²) in [6.45, 7) is 10.0. The van der Waals surface area contributed by atoms with Crippen LogP contribution in [0.25, 0.3) is 44.6 Å². The molecule has 0 spiro atoms. The van der Waals surface area contributed by atoms with Crippen LogP contribution < -0.4 is 41.0 Å². The number of aromatic nitrogens is 8. The first kappa shape index (κ1) is 58.3. The number of halogens is 1. The number of carbonyl (C=O) groups is 2. The van der Waals surface area contributed by atoms with Gasteiger partial charge in [0.15, 0.2) is 0 Å². The van der Waals surface area contributed by atoms with Gasteiger partial charge in [-0.3, -0.25) is 19.0 Å². The lowest BCUT2D eigenvalue weighted by Crippen LogP contribution is -2.29. The van der Waals surface area contributed by atoms with Gasteiger partial charge in [-0.2, -0.15) is 10.2 Å². The zero-order valence-electron chi connectivity index (χ0n) is 44.1. The number of benzene rings is 4. The van der Waals surface area contributed by atoms with Crippen LogP contribution in [-0.2, 0) is 23.7 Å². The Hall–Kier alpha value is -8.59. The molecule has 0 aliphatic heterocycles. The molecule has 0 fully saturated rings. The zero-order chi connectivity index (χ0) is 54.3. The highest BCUT2D eigenvalue weighted by atomic mass is 35.5. The summed E-state index contributed by atoms with van der Waals surface area (Å²) in [5.41, 5.74) is 15.7. The average Bonchev–Trinajstić information content (AvgIpc) is 3.93. The molecule has 1 amide bonds. The number of hydrogen-bond donors (Lipinski definition) is 4. The van der Waals surface area contributed by atoms with E-state index in [-0.39, 0.29) is 13.3 Å². The molecule has 0 saturated heterocycles. The lowest BCUT2D eigenvalue weighted by atomic mass is 10.1. The molecule has 400 valence electrons. The maximum atomic E-state index is 12.2. The Morgan fingerprint density at radius 1 is 0.645 bits per heavy atom. The second-order valence-corrected chi connectivity index (χ2v) is 18.0. The van der Waals surface area contributed by atoms with E-state index in [9.17, 15) is 9.59 Å². The van der Waals surface area contributed by atoms with Gasteiger partial charge in [0.05, 0.1) is 70.8 Å². The predicted octanol–water partition coefficient (Wildman–Crippen LogP) is 8.84. The average molecular weight is 1050 g/mol. The fraction of sp³-hybridized carbons (Fsp3) is 0.273. The molecule has 0 aliphatic rings. The summed E-state index contributed by atoms with van der Waals surface area (Å²) in [4.78, 5) is 48.3. The molecule has 0 radical (unpaired) electrons. The molecule has 8 aromatic rings. The number of likely N-dealkylation sites (N-methyl/N-ethyl adjacent to an activating group) is 4. The number of hydrogen-bond acceptors (Lipinski definition) is 17. The van der Waals surface area contributed by atoms with E-state index in [1.54, 1.807) is 26.6 Å². The molecule has 76 heavy (non-hydrogen) atoms. The first-order chi connectivity index (χ1) is 35.9. The molecular weight excluding hydrogens is 984 g/mol. The summed E-state index contributed by atoms with van der Waals surface area (Å²) in [5, 5.41) is 20.3. The van der Waals surface area contributed by atoms with Crippen LogP contribution in [0, 0.1) is 0 Å². The van der Waals surface area contributed by atoms with E-state index in [1.807, 2.05) is 151 Å². The van der Waals surface area contributed by atoms with Gasteiger partial charge in [0.2, 0.25) is 23.0 Å². The van der Waals surface area contributed by atoms with Crippen LogP contribution >= 0.6 is 11.6 Å². The SMILES string of the molecule is C.C=CC(=O)Cl.C=CC(=O)Nc1cc(Nc2nccc(-c3nn(C)c4ccccc34)n2)c(OC)cc1N(C)CCN(C)C.COc1cc(N(C)CCN(C)C)c(N)cc1Nc1nccc(-c2nn(C)c3ccccc23)n1. The number of nitrogens with one attached hydrogen (secondary N) is 3. The third-order valence-corrected chi connectivity index (χ3v) is 11.8. The van der Waals surface area contributed by atoms with Crippen molar-refractivity contribution in [1.29, 1.82) is 0 Å². The number of rotatable bonds is 19. The van der Waals surface area contributed by atoms with Crippen molar-refractivity contribution in [2.75, 3.05) is 114 Å². The van der Waals surface area contributed by atoms with Crippen LogP contribution in [0.1, 0.15) is 7.43 Å². The van der Waals surface area contributed by atoms with Crippen LogP contribution in [-0.4, -0.2) is 143 Å². The van der Waals surface area contributed by atoms with E-state index in [4.69, 9.17) is 36.8 Å². The minimum atomic E-state index is -0.509. The molecular formula is C55H69ClN16O4. The minimum absolute atomic E-state index is 0. The van der Waals surface area contributed by atoms with Gasteiger partial charge in [-0.25, -0.2) is 19.9 Å². The number of anilines is 8. The monoisotopic (exact) mass is 1050 g/mol. The van der Waals surface area contributed by atoms with Crippen molar-refractivity contribution < 1.29 is 19.1 Å². The normalized spacial score (nSPS) is 10.6. The summed E-state index contributed by atoms with van der Waals surface area (Å²) < 4.78 is 15.0. The van der Waals surface area contributed by atoms with E-state index in [0.29, 0.717) is 51.8 Å². The molecule has 4 aromatic heterocycles. The largest absolute Gasteiger partial charge is 0.494 e. The number of fused-ring (bicyclic) bond motifs is 2. The number of ether oxygens (including phenoxy) is 2. The molecule has 0 unspecified atom stereocenters. The number of aryl methyl sites for hydroxylation is 2. The Morgan fingerprint density at radius 3 is 1.51 bits per heavy atom. The number of methoxy groups -OCH3 is 2. The first-order valence-electron chi connectivity index (χ1n) is 23.7. The van der Waals surface area contributed by atoms with Crippen molar-refractivity contribution in [3.63, 3.8) is 0 Å². The van der Waals surface area contributed by atoms with Crippen molar-refractivity contribution in [2.45, 2.75) is 7.43 Å². The van der Waals surface area contributed by atoms with E-state index in [1.165, 1.54) is 6.08 Å². The standard InChI is InChI=1S/C27H32N8O2.C24H30N8O.C3H3ClO.CH4/c1-7-25(36)29-20-16-21(24(37-6)17-23(20)34(4)15-14-33(2)3)31-27-28-13-12-19(30-27)26-18-10-8-9-11-22(18)35(5)32-26;1-30(2)12-13-31(3)21-15-22(33-5)19(14-17(21)25)28-24-26-11-10-18(27-24)23-16-8-6-7-9-20(16)32(4)29-23;1-2-3(4)5;/h7-13,16-17H,1,14-15H2,2-6H3,(H,29,36)(H,28,30,31);6-11,14-15H,12-13,25H2,1-5H3,(H,26,27,28);2H,1H2;1H4. The van der Waals surface area contributed by atoms with Gasteiger partial charge in [-0.1, -0.05) is 57.0 Å². The van der Waals surface area contributed by atoms with Crippen molar-refractivity contribution in [2.24, 2.45) is 14.1 Å². The van der Waals surface area contributed by atoms with Gasteiger partial charge >= 0.3 is 0 Å². The fourth-order valence-corrected chi connectivity index (χ4v) is 7.71. The minimum Gasteiger partial charge on any atom is -0.494 e. The van der Waals surface area contributed by atoms with Crippen molar-refractivity contribution in [1.82, 2.24) is 49.3 Å². The van der Waals surface area contributed by atoms with Gasteiger partial charge in [-0.15, -0.1) is 0 Å². The molecule has 0 saturated carbocycles. The second kappa shape index (κ2) is 27.1. The number of nitrogen functional groups attached to an aromatic ring is 1. The van der Waals surface area contributed by atoms with Gasteiger partial charge < -0.3 is 50.8 Å². The van der Waals surface area contributed by atoms with Gasteiger partial charge in [-0.05, 0) is 88.3 Å². The van der Waals surface area contributed by atoms with Crippen LogP contribution in [0.5, 0.6) is 11.5 Å². The highest BCUT2D eigenvalue weighted by Crippen LogP contribution is 2.39. The second-order valence-electron chi connectivity index (χ2n) is 17.6. The number of carbonyl (C=O) groups excluding carboxylic acids is 2. The molecule has 4 heterocycles. The van der Waals surface area contributed by atoms with Crippen molar-refractivity contribution in [3.05, 3.63) is 123 Å². The van der Waals surface area contributed by atoms with Gasteiger partial charge in [0.25, 0.3) is 0 Å². The lowest BCUT2D eigenvalue weighted by Gasteiger charge is -2.26. The number of allylic oxidation sites excluding steroid dienone is 1. The van der Waals surface area contributed by atoms with Gasteiger partial charge in [0, 0.05) is 89.7 Å². The van der Waals surface area contributed by atoms with E-state index in [0.717, 1.165) is 82.5 Å². The Balaban J connectivity index is 0.000000256. The van der Waals surface area contributed by atoms with Crippen LogP contribution in [0.2, 0.25) is 0 Å². The van der Waals surface area contributed by atoms with E-state index < -0.39 is 5.24 Å². The molecule has 0 atom stereocenters. The third kappa shape index (κ3) is 14.8. The van der Waals surface area contributed by atoms with Gasteiger partial charge in [0.1, 0.15) is 22.9 Å². The first-order valence-corrected chi connectivity index (χ1v) is 24.0. The Morgan fingerprint density at radius 2 is 1.08 bits per heavy atom. The Labute approximate surface area is 449 Å². The molecule has 0 aliphatic carbocycles. The number of nitrogens with zero attached hydrogens (tertiary/aromatic N) is 12. The Bertz CT molecular complexity index is 3280. The van der Waals surface area contributed by atoms with Crippen LogP contribution in [0.15, 0.2) is 123 Å². The third-order valence-electron chi connectivity index (χ3n) is 11.7. The molecule has 8 rings (SSSR count). The quantitative estimate of drug-likeness (QED) is 0.0338. The summed E-state index contributed by atoms with van der Waals surface area (Å²) in [6, 6.07) is 27.3. The smallest absolute Gasteiger partial charge is 0.247 e. The van der Waals surface area contributed by atoms with E-state index in [2.05, 4.69) is 68.9 Å². The molecule has 0 bridgehead atoms. The molecule has 4 aromatic carbocycles. The zero-order valence-corrected chi connectivity index (χ0v) is 44.8. The maximum absolute atomic E-state index is 12.2. The highest BCUT2D eigenvalue weighted by molar-refractivity contribution is 6.66. The number of amides is 1. The van der Waals surface area contributed by atoms with Crippen molar-refractivity contribution >= 4 is 90.6 Å². The van der Waals surface area contributed by atoms with E-state index >= 15 is 0 Å². The molecule has 21 heteroatoms. The summed E-state index contributed by atoms with van der Waals surface area (Å²) in [7, 11) is 19.2. The molecule has 20 nitrogen and oxygen atoms in total. The number of para-hydroxylation sites is 2. The summed E-state index contributed by atoms with van der Waals surface area (Å²) in [6.07, 6.45) is 5.68.